The second-order valence-corrected chi connectivity index (χ2v) is 11.5. The van der Waals surface area contributed by atoms with Crippen LogP contribution in [-0.2, 0) is 13.0 Å². The van der Waals surface area contributed by atoms with Crippen LogP contribution in [0.2, 0.25) is 0 Å². The van der Waals surface area contributed by atoms with E-state index in [0.717, 1.165) is 24.9 Å². The lowest BCUT2D eigenvalue weighted by molar-refractivity contribution is 0.106. The molecule has 0 spiro atoms. The molecule has 0 bridgehead atoms. The van der Waals surface area contributed by atoms with Crippen LogP contribution in [0.5, 0.6) is 11.9 Å². The molecule has 2 atom stereocenters. The molecule has 1 N–H and O–H groups in total. The molecule has 3 aromatic carbocycles. The third-order valence-corrected chi connectivity index (χ3v) is 8.79. The van der Waals surface area contributed by atoms with Gasteiger partial charge in [0.05, 0.1) is 10.9 Å². The monoisotopic (exact) mass is 600 g/mol. The summed E-state index contributed by atoms with van der Waals surface area (Å²) in [5.41, 5.74) is 1.02. The zero-order chi connectivity index (χ0) is 30.3. The molecule has 0 unspecified atom stereocenters. The summed E-state index contributed by atoms with van der Waals surface area (Å²) in [7, 11) is 0. The number of alkyl halides is 1. The average molecular weight is 601 g/mol. The van der Waals surface area contributed by atoms with Gasteiger partial charge in [-0.05, 0) is 53.8 Å². The quantitative estimate of drug-likeness (QED) is 0.216. The number of halogens is 3. The SMILES string of the molecule is OCCc1c(F)ccc2cccc(-c3ncc4c(OCc5ccccc5)nc(OC[C@@]56CCCN5C[C@H](F)C6)nc4c3F)c12. The van der Waals surface area contributed by atoms with Crippen LogP contribution in [0.25, 0.3) is 32.9 Å². The molecule has 0 radical (unpaired) electrons. The van der Waals surface area contributed by atoms with E-state index in [-0.39, 0.29) is 60.3 Å². The average Bonchev–Trinajstić information content (AvgIpc) is 3.56. The van der Waals surface area contributed by atoms with Crippen LogP contribution in [0, 0.1) is 11.6 Å². The van der Waals surface area contributed by atoms with Gasteiger partial charge in [0.15, 0.2) is 5.82 Å². The first kappa shape index (κ1) is 28.5. The highest BCUT2D eigenvalue weighted by molar-refractivity contribution is 6.00. The molecule has 0 saturated carbocycles. The molecule has 7 nitrogen and oxygen atoms in total. The van der Waals surface area contributed by atoms with E-state index in [9.17, 15) is 13.9 Å². The fourth-order valence-corrected chi connectivity index (χ4v) is 6.73. The van der Waals surface area contributed by atoms with Gasteiger partial charge in [0.2, 0.25) is 5.88 Å². The molecule has 226 valence electrons. The minimum atomic E-state index is -0.923. The number of rotatable bonds is 9. The van der Waals surface area contributed by atoms with Gasteiger partial charge in [0.1, 0.15) is 36.4 Å². The van der Waals surface area contributed by atoms with Crippen molar-refractivity contribution in [3.8, 4) is 23.1 Å². The van der Waals surface area contributed by atoms with Gasteiger partial charge in [-0.25, -0.2) is 13.2 Å². The van der Waals surface area contributed by atoms with Crippen LogP contribution >= 0.6 is 0 Å². The van der Waals surface area contributed by atoms with E-state index < -0.39 is 23.3 Å². The van der Waals surface area contributed by atoms with Crippen molar-refractivity contribution in [3.63, 3.8) is 0 Å². The van der Waals surface area contributed by atoms with Crippen LogP contribution in [-0.4, -0.2) is 63.0 Å². The van der Waals surface area contributed by atoms with Gasteiger partial charge in [-0.1, -0.05) is 54.6 Å². The maximum Gasteiger partial charge on any atom is 0.320 e. The Kier molecular flexibility index (Phi) is 7.55. The maximum absolute atomic E-state index is 16.6. The van der Waals surface area contributed by atoms with Gasteiger partial charge in [0.25, 0.3) is 0 Å². The summed E-state index contributed by atoms with van der Waals surface area (Å²) in [6.45, 7) is 1.26. The lowest BCUT2D eigenvalue weighted by Crippen LogP contribution is -2.43. The van der Waals surface area contributed by atoms with E-state index in [1.54, 1.807) is 24.3 Å². The predicted octanol–water partition coefficient (Wildman–Crippen LogP) is 6.19. The van der Waals surface area contributed by atoms with E-state index in [4.69, 9.17) is 9.47 Å². The number of nitrogens with zero attached hydrogens (tertiary/aromatic N) is 4. The number of fused-ring (bicyclic) bond motifs is 3. The summed E-state index contributed by atoms with van der Waals surface area (Å²) in [5, 5.41) is 11.0. The molecular formula is C34H31F3N4O3. The summed E-state index contributed by atoms with van der Waals surface area (Å²) in [6.07, 6.45) is 2.71. The first-order valence-electron chi connectivity index (χ1n) is 14.8. The molecule has 2 saturated heterocycles. The van der Waals surface area contributed by atoms with Gasteiger partial charge in [0, 0.05) is 31.3 Å². The van der Waals surface area contributed by atoms with Gasteiger partial charge < -0.3 is 14.6 Å². The summed E-state index contributed by atoms with van der Waals surface area (Å²) < 4.78 is 58.0. The fourth-order valence-electron chi connectivity index (χ4n) is 6.73. The standard InChI is InChI=1S/C34H31F3N4O3/c35-23-16-34(13-5-14-41(34)18-23)20-44-33-39-31-26(32(40-33)43-19-21-6-2-1-3-7-21)17-38-30(29(31)37)25-9-4-8-22-10-11-27(36)24(12-15-42)28(22)25/h1-4,6-11,17,23,42H,5,12-16,18-20H2/t23-,34+/m1/s1. The fraction of sp³-hybridized carbons (Fsp3) is 0.324. The Bertz CT molecular complexity index is 1840. The smallest absolute Gasteiger partial charge is 0.320 e. The Morgan fingerprint density at radius 1 is 1.00 bits per heavy atom. The summed E-state index contributed by atoms with van der Waals surface area (Å²) in [6, 6.07) is 17.6. The third-order valence-electron chi connectivity index (χ3n) is 8.79. The van der Waals surface area contributed by atoms with Crippen LogP contribution in [0.1, 0.15) is 30.4 Å². The highest BCUT2D eigenvalue weighted by Crippen LogP contribution is 2.41. The third kappa shape index (κ3) is 5.11. The van der Waals surface area contributed by atoms with Crippen molar-refractivity contribution in [2.24, 2.45) is 0 Å². The van der Waals surface area contributed by atoms with E-state index in [1.807, 2.05) is 30.3 Å². The lowest BCUT2D eigenvalue weighted by Gasteiger charge is -2.30. The van der Waals surface area contributed by atoms with Gasteiger partial charge in [-0.2, -0.15) is 9.97 Å². The minimum absolute atomic E-state index is 0.0248. The summed E-state index contributed by atoms with van der Waals surface area (Å²) in [4.78, 5) is 15.5. The number of pyridine rings is 1. The van der Waals surface area contributed by atoms with Gasteiger partial charge in [-0.3, -0.25) is 9.88 Å². The molecule has 10 heteroatoms. The first-order chi connectivity index (χ1) is 21.5. The van der Waals surface area contributed by atoms with Crippen LogP contribution < -0.4 is 9.47 Å². The van der Waals surface area contributed by atoms with E-state index in [1.165, 1.54) is 12.3 Å². The zero-order valence-corrected chi connectivity index (χ0v) is 24.0. The summed E-state index contributed by atoms with van der Waals surface area (Å²) >= 11 is 0. The molecule has 2 aliphatic rings. The largest absolute Gasteiger partial charge is 0.472 e. The second kappa shape index (κ2) is 11.7. The maximum atomic E-state index is 16.6. The Balaban J connectivity index is 1.33. The molecule has 2 aliphatic heterocycles. The van der Waals surface area contributed by atoms with Crippen molar-refractivity contribution in [2.45, 2.75) is 44.0 Å². The molecule has 2 aromatic heterocycles. The lowest BCUT2D eigenvalue weighted by atomic mass is 9.94. The van der Waals surface area contributed by atoms with Gasteiger partial charge >= 0.3 is 6.01 Å². The van der Waals surface area contributed by atoms with E-state index in [2.05, 4.69) is 19.9 Å². The number of hydrogen-bond acceptors (Lipinski definition) is 7. The highest BCUT2D eigenvalue weighted by atomic mass is 19.1. The van der Waals surface area contributed by atoms with Crippen molar-refractivity contribution >= 4 is 21.7 Å². The van der Waals surface area contributed by atoms with Crippen LogP contribution in [0.4, 0.5) is 13.2 Å². The topological polar surface area (TPSA) is 80.6 Å². The summed E-state index contributed by atoms with van der Waals surface area (Å²) in [5.74, 6) is -1.12. The Hall–Kier alpha value is -4.28. The van der Waals surface area contributed by atoms with Crippen molar-refractivity contribution in [3.05, 3.63) is 89.6 Å². The normalized spacial score (nSPS) is 20.0. The van der Waals surface area contributed by atoms with Crippen molar-refractivity contribution in [1.29, 1.82) is 0 Å². The minimum Gasteiger partial charge on any atom is -0.472 e. The Morgan fingerprint density at radius 2 is 1.86 bits per heavy atom. The molecule has 5 aromatic rings. The molecule has 4 heterocycles. The number of aliphatic hydroxyl groups is 1. The molecule has 0 amide bonds. The molecule has 44 heavy (non-hydrogen) atoms. The Morgan fingerprint density at radius 3 is 2.70 bits per heavy atom. The van der Waals surface area contributed by atoms with Crippen molar-refractivity contribution in [1.82, 2.24) is 19.9 Å². The van der Waals surface area contributed by atoms with Crippen molar-refractivity contribution < 1.29 is 27.8 Å². The molecule has 7 rings (SSSR count). The molecule has 2 fully saturated rings. The Labute approximate surface area is 252 Å². The number of hydrogen-bond donors (Lipinski definition) is 1. The predicted molar refractivity (Wildman–Crippen MR) is 160 cm³/mol. The highest BCUT2D eigenvalue weighted by Gasteiger charge is 2.49. The van der Waals surface area contributed by atoms with E-state index in [0.29, 0.717) is 29.3 Å². The number of ether oxygens (including phenoxy) is 2. The molecular weight excluding hydrogens is 569 g/mol. The van der Waals surface area contributed by atoms with Crippen LogP contribution in [0.15, 0.2) is 66.9 Å². The number of aliphatic hydroxyl groups excluding tert-OH is 1. The number of benzene rings is 3. The zero-order valence-electron chi connectivity index (χ0n) is 24.0. The van der Waals surface area contributed by atoms with Crippen molar-refractivity contribution in [2.75, 3.05) is 26.3 Å². The number of aromatic nitrogens is 3. The molecule has 0 aliphatic carbocycles. The second-order valence-electron chi connectivity index (χ2n) is 11.5. The van der Waals surface area contributed by atoms with Crippen LogP contribution in [0.3, 0.4) is 0 Å². The van der Waals surface area contributed by atoms with Gasteiger partial charge in [-0.15, -0.1) is 0 Å². The van der Waals surface area contributed by atoms with E-state index >= 15 is 4.39 Å². The first-order valence-corrected chi connectivity index (χ1v) is 14.8.